The van der Waals surface area contributed by atoms with Gasteiger partial charge in [0.05, 0.1) is 6.61 Å². The van der Waals surface area contributed by atoms with Gasteiger partial charge >= 0.3 is 0 Å². The number of hydrogen-bond acceptors (Lipinski definition) is 2. The number of ether oxygens (including phenoxy) is 1. The maximum atomic E-state index is 6.01. The Hall–Kier alpha value is -1.02. The molecule has 0 saturated carbocycles. The fourth-order valence-electron chi connectivity index (χ4n) is 2.62. The fraction of sp³-hybridized carbons (Fsp3) is 0.625. The van der Waals surface area contributed by atoms with Crippen LogP contribution in [-0.2, 0) is 0 Å². The number of hydrogen-bond donors (Lipinski definition) is 1. The summed E-state index contributed by atoms with van der Waals surface area (Å²) in [5, 5.41) is 3.65. The molecule has 0 radical (unpaired) electrons. The third-order valence-corrected chi connectivity index (χ3v) is 3.60. The molecule has 18 heavy (non-hydrogen) atoms. The van der Waals surface area contributed by atoms with E-state index in [1.165, 1.54) is 24.0 Å². The van der Waals surface area contributed by atoms with Crippen molar-refractivity contribution >= 4 is 0 Å². The standard InChI is InChI=1S/C16H25NO/c1-4-10-17-15-9-6-11-18-16-13(12(2)3)7-5-8-14(15)16/h5,7-8,12,15,17H,4,6,9-11H2,1-3H3. The van der Waals surface area contributed by atoms with Gasteiger partial charge in [0.25, 0.3) is 0 Å². The lowest BCUT2D eigenvalue weighted by atomic mass is 9.94. The highest BCUT2D eigenvalue weighted by molar-refractivity contribution is 5.45. The van der Waals surface area contributed by atoms with Crippen molar-refractivity contribution in [1.29, 1.82) is 0 Å². The third kappa shape index (κ3) is 2.86. The predicted molar refractivity (Wildman–Crippen MR) is 76.3 cm³/mol. The highest BCUT2D eigenvalue weighted by atomic mass is 16.5. The first-order valence-electron chi connectivity index (χ1n) is 7.23. The first-order chi connectivity index (χ1) is 8.74. The van der Waals surface area contributed by atoms with Gasteiger partial charge in [-0.15, -0.1) is 0 Å². The minimum atomic E-state index is 0.459. The van der Waals surface area contributed by atoms with Gasteiger partial charge in [0.1, 0.15) is 5.75 Å². The highest BCUT2D eigenvalue weighted by Gasteiger charge is 2.22. The second-order valence-electron chi connectivity index (χ2n) is 5.42. The fourth-order valence-corrected chi connectivity index (χ4v) is 2.62. The van der Waals surface area contributed by atoms with Crippen LogP contribution in [-0.4, -0.2) is 13.2 Å². The molecular formula is C16H25NO. The van der Waals surface area contributed by atoms with Crippen LogP contribution in [0.3, 0.4) is 0 Å². The number of benzene rings is 1. The first-order valence-corrected chi connectivity index (χ1v) is 7.23. The van der Waals surface area contributed by atoms with E-state index in [0.717, 1.165) is 25.3 Å². The Bertz CT molecular complexity index is 387. The van der Waals surface area contributed by atoms with Crippen LogP contribution in [0.25, 0.3) is 0 Å². The molecule has 1 heterocycles. The van der Waals surface area contributed by atoms with Crippen molar-refractivity contribution in [2.24, 2.45) is 0 Å². The largest absolute Gasteiger partial charge is 0.493 e. The Balaban J connectivity index is 2.33. The van der Waals surface area contributed by atoms with Crippen molar-refractivity contribution in [2.45, 2.75) is 52.0 Å². The van der Waals surface area contributed by atoms with Gasteiger partial charge in [-0.25, -0.2) is 0 Å². The summed E-state index contributed by atoms with van der Waals surface area (Å²) >= 11 is 0. The molecule has 2 heteroatoms. The molecule has 0 spiro atoms. The lowest BCUT2D eigenvalue weighted by Gasteiger charge is -2.21. The van der Waals surface area contributed by atoms with Gasteiger partial charge < -0.3 is 10.1 Å². The molecule has 1 unspecified atom stereocenters. The molecule has 0 saturated heterocycles. The van der Waals surface area contributed by atoms with E-state index in [4.69, 9.17) is 4.74 Å². The van der Waals surface area contributed by atoms with Gasteiger partial charge in [-0.1, -0.05) is 39.0 Å². The quantitative estimate of drug-likeness (QED) is 0.867. The van der Waals surface area contributed by atoms with Gasteiger partial charge in [-0.3, -0.25) is 0 Å². The number of nitrogens with one attached hydrogen (secondary N) is 1. The normalized spacial score (nSPS) is 19.2. The minimum absolute atomic E-state index is 0.459. The van der Waals surface area contributed by atoms with E-state index in [1.54, 1.807) is 0 Å². The van der Waals surface area contributed by atoms with Gasteiger partial charge in [-0.05, 0) is 37.3 Å². The van der Waals surface area contributed by atoms with E-state index in [0.29, 0.717) is 12.0 Å². The summed E-state index contributed by atoms with van der Waals surface area (Å²) in [7, 11) is 0. The highest BCUT2D eigenvalue weighted by Crippen LogP contribution is 2.37. The summed E-state index contributed by atoms with van der Waals surface area (Å²) in [5.74, 6) is 1.66. The summed E-state index contributed by atoms with van der Waals surface area (Å²) in [6, 6.07) is 7.05. The van der Waals surface area contributed by atoms with Gasteiger partial charge in [0, 0.05) is 11.6 Å². The lowest BCUT2D eigenvalue weighted by Crippen LogP contribution is -2.21. The molecule has 2 rings (SSSR count). The van der Waals surface area contributed by atoms with E-state index in [9.17, 15) is 0 Å². The SMILES string of the molecule is CCCNC1CCCOc2c(C(C)C)cccc21. The van der Waals surface area contributed by atoms with Crippen LogP contribution in [0.4, 0.5) is 0 Å². The molecule has 1 aromatic carbocycles. The lowest BCUT2D eigenvalue weighted by molar-refractivity contribution is 0.311. The maximum Gasteiger partial charge on any atom is 0.127 e. The number of rotatable bonds is 4. The molecule has 100 valence electrons. The molecule has 1 atom stereocenters. The molecule has 1 aromatic rings. The van der Waals surface area contributed by atoms with E-state index >= 15 is 0 Å². The molecule has 1 aliphatic heterocycles. The van der Waals surface area contributed by atoms with Crippen LogP contribution in [0.1, 0.15) is 63.1 Å². The predicted octanol–water partition coefficient (Wildman–Crippen LogP) is 4.02. The molecule has 0 aliphatic carbocycles. The zero-order valence-electron chi connectivity index (χ0n) is 11.8. The van der Waals surface area contributed by atoms with Gasteiger partial charge in [0.2, 0.25) is 0 Å². The van der Waals surface area contributed by atoms with Crippen LogP contribution in [0.2, 0.25) is 0 Å². The maximum absolute atomic E-state index is 6.01. The molecule has 2 nitrogen and oxygen atoms in total. The zero-order valence-corrected chi connectivity index (χ0v) is 11.8. The molecule has 0 bridgehead atoms. The molecule has 1 aliphatic rings. The first kappa shape index (κ1) is 13.4. The van der Waals surface area contributed by atoms with Gasteiger partial charge in [-0.2, -0.15) is 0 Å². The second kappa shape index (κ2) is 6.24. The molecular weight excluding hydrogens is 222 g/mol. The van der Waals surface area contributed by atoms with Crippen molar-refractivity contribution in [2.75, 3.05) is 13.2 Å². The molecule has 0 aromatic heterocycles. The van der Waals surface area contributed by atoms with Crippen LogP contribution in [0, 0.1) is 0 Å². The summed E-state index contributed by atoms with van der Waals surface area (Å²) in [5.41, 5.74) is 2.70. The average molecular weight is 247 g/mol. The average Bonchev–Trinajstić information content (AvgIpc) is 2.58. The van der Waals surface area contributed by atoms with Crippen LogP contribution in [0.5, 0.6) is 5.75 Å². The van der Waals surface area contributed by atoms with Crippen LogP contribution in [0.15, 0.2) is 18.2 Å². The Labute approximate surface area is 111 Å². The summed E-state index contributed by atoms with van der Waals surface area (Å²) < 4.78 is 6.01. The summed E-state index contributed by atoms with van der Waals surface area (Å²) in [6.07, 6.45) is 3.48. The van der Waals surface area contributed by atoms with Crippen molar-refractivity contribution in [1.82, 2.24) is 5.32 Å². The Kier molecular flexibility index (Phi) is 4.65. The number of para-hydroxylation sites is 1. The molecule has 0 amide bonds. The van der Waals surface area contributed by atoms with Crippen molar-refractivity contribution in [3.63, 3.8) is 0 Å². The zero-order chi connectivity index (χ0) is 13.0. The summed E-state index contributed by atoms with van der Waals surface area (Å²) in [4.78, 5) is 0. The van der Waals surface area contributed by atoms with Crippen molar-refractivity contribution < 1.29 is 4.74 Å². The van der Waals surface area contributed by atoms with E-state index in [1.807, 2.05) is 0 Å². The van der Waals surface area contributed by atoms with Crippen molar-refractivity contribution in [3.8, 4) is 5.75 Å². The monoisotopic (exact) mass is 247 g/mol. The van der Waals surface area contributed by atoms with E-state index < -0.39 is 0 Å². The Morgan fingerprint density at radius 2 is 2.22 bits per heavy atom. The second-order valence-corrected chi connectivity index (χ2v) is 5.42. The topological polar surface area (TPSA) is 21.3 Å². The Morgan fingerprint density at radius 3 is 2.94 bits per heavy atom. The third-order valence-electron chi connectivity index (χ3n) is 3.60. The number of fused-ring (bicyclic) bond motifs is 1. The van der Waals surface area contributed by atoms with Crippen LogP contribution >= 0.6 is 0 Å². The van der Waals surface area contributed by atoms with Crippen molar-refractivity contribution in [3.05, 3.63) is 29.3 Å². The summed E-state index contributed by atoms with van der Waals surface area (Å²) in [6.45, 7) is 8.61. The smallest absolute Gasteiger partial charge is 0.127 e. The Morgan fingerprint density at radius 1 is 1.39 bits per heavy atom. The van der Waals surface area contributed by atoms with E-state index in [-0.39, 0.29) is 0 Å². The minimum Gasteiger partial charge on any atom is -0.493 e. The molecule has 1 N–H and O–H groups in total. The van der Waals surface area contributed by atoms with E-state index in [2.05, 4.69) is 44.3 Å². The molecule has 0 fully saturated rings. The van der Waals surface area contributed by atoms with Crippen LogP contribution < -0.4 is 10.1 Å². The van der Waals surface area contributed by atoms with Gasteiger partial charge in [0.15, 0.2) is 0 Å².